The minimum Gasteiger partial charge on any atom is -0.258 e. The summed E-state index contributed by atoms with van der Waals surface area (Å²) in [6.45, 7) is 6.75. The molecule has 0 amide bonds. The highest BCUT2D eigenvalue weighted by atomic mass is 16.6. The molecule has 0 radical (unpaired) electrons. The first-order chi connectivity index (χ1) is 17.1. The highest BCUT2D eigenvalue weighted by Crippen LogP contribution is 2.53. The first-order valence-corrected chi connectivity index (χ1v) is 11.8. The van der Waals surface area contributed by atoms with Gasteiger partial charge >= 0.3 is 0 Å². The maximum absolute atomic E-state index is 11.3. The van der Waals surface area contributed by atoms with Gasteiger partial charge in [0.25, 0.3) is 11.4 Å². The van der Waals surface area contributed by atoms with Gasteiger partial charge in [-0.05, 0) is 56.8 Å². The molecule has 0 aromatic heterocycles. The van der Waals surface area contributed by atoms with Gasteiger partial charge in [0.1, 0.15) is 0 Å². The molecule has 36 heavy (non-hydrogen) atoms. The lowest BCUT2D eigenvalue weighted by molar-refractivity contribution is -0.385. The zero-order chi connectivity index (χ0) is 25.7. The Balaban J connectivity index is 1.56. The van der Waals surface area contributed by atoms with Crippen LogP contribution in [-0.2, 0) is 10.8 Å². The van der Waals surface area contributed by atoms with Gasteiger partial charge in [-0.25, -0.2) is 0 Å². The second-order valence-corrected chi connectivity index (χ2v) is 10.3. The molecule has 5 rings (SSSR count). The molecule has 0 spiro atoms. The van der Waals surface area contributed by atoms with Gasteiger partial charge in [-0.1, -0.05) is 81.4 Å². The number of nitrogens with zero attached hydrogens (tertiary/aromatic N) is 2. The van der Waals surface area contributed by atoms with Crippen LogP contribution in [0.4, 0.5) is 11.4 Å². The Morgan fingerprint density at radius 1 is 0.611 bits per heavy atom. The summed E-state index contributed by atoms with van der Waals surface area (Å²) < 4.78 is 0. The number of hydrogen-bond acceptors (Lipinski definition) is 4. The van der Waals surface area contributed by atoms with E-state index in [0.29, 0.717) is 0 Å². The van der Waals surface area contributed by atoms with E-state index in [1.807, 2.05) is 24.3 Å². The van der Waals surface area contributed by atoms with Crippen LogP contribution in [0.25, 0.3) is 22.3 Å². The molecule has 1 aliphatic rings. The highest BCUT2D eigenvalue weighted by Gasteiger charge is 2.45. The fourth-order valence-corrected chi connectivity index (χ4v) is 5.73. The molecule has 1 atom stereocenters. The number of nitro benzene ring substituents is 2. The van der Waals surface area contributed by atoms with Crippen LogP contribution in [-0.4, -0.2) is 9.85 Å². The van der Waals surface area contributed by atoms with E-state index in [1.54, 1.807) is 24.3 Å². The molecule has 0 fully saturated rings. The van der Waals surface area contributed by atoms with E-state index in [9.17, 15) is 20.2 Å². The number of benzene rings is 4. The number of nitro groups is 2. The van der Waals surface area contributed by atoms with Crippen LogP contribution in [0.15, 0.2) is 91.0 Å². The smallest absolute Gasteiger partial charge is 0.258 e. The predicted molar refractivity (Wildman–Crippen MR) is 141 cm³/mol. The van der Waals surface area contributed by atoms with E-state index in [-0.39, 0.29) is 32.1 Å². The Kier molecular flexibility index (Phi) is 5.47. The van der Waals surface area contributed by atoms with Gasteiger partial charge in [0.2, 0.25) is 0 Å². The maximum atomic E-state index is 11.3. The second-order valence-electron chi connectivity index (χ2n) is 10.3. The first-order valence-electron chi connectivity index (χ1n) is 11.8. The van der Waals surface area contributed by atoms with E-state index >= 15 is 0 Å². The van der Waals surface area contributed by atoms with Crippen molar-refractivity contribution in [2.24, 2.45) is 0 Å². The highest BCUT2D eigenvalue weighted by molar-refractivity contribution is 5.71. The van der Waals surface area contributed by atoms with Crippen molar-refractivity contribution >= 4 is 11.4 Å². The van der Waals surface area contributed by atoms with Gasteiger partial charge in [-0.15, -0.1) is 0 Å². The quantitative estimate of drug-likeness (QED) is 0.216. The van der Waals surface area contributed by atoms with Gasteiger partial charge < -0.3 is 0 Å². The van der Waals surface area contributed by atoms with Gasteiger partial charge in [0.15, 0.2) is 0 Å². The maximum Gasteiger partial charge on any atom is 0.270 e. The zero-order valence-corrected chi connectivity index (χ0v) is 20.4. The summed E-state index contributed by atoms with van der Waals surface area (Å²) in [6.07, 6.45) is 0.921. The number of hydrogen-bond donors (Lipinski definition) is 0. The van der Waals surface area contributed by atoms with E-state index in [4.69, 9.17) is 0 Å². The Bertz CT molecular complexity index is 1510. The molecule has 180 valence electrons. The minimum absolute atomic E-state index is 0.0377. The predicted octanol–water partition coefficient (Wildman–Crippen LogP) is 7.82. The van der Waals surface area contributed by atoms with E-state index in [1.165, 1.54) is 28.8 Å². The van der Waals surface area contributed by atoms with Crippen molar-refractivity contribution < 1.29 is 9.85 Å². The average Bonchev–Trinajstić information content (AvgIpc) is 3.09. The molecule has 0 heterocycles. The topological polar surface area (TPSA) is 86.3 Å². The van der Waals surface area contributed by atoms with Gasteiger partial charge in [-0.2, -0.15) is 0 Å². The summed E-state index contributed by atoms with van der Waals surface area (Å²) in [7, 11) is 0. The second kappa shape index (κ2) is 8.41. The van der Waals surface area contributed by atoms with Crippen LogP contribution < -0.4 is 0 Å². The Labute approximate surface area is 209 Å². The van der Waals surface area contributed by atoms with Gasteiger partial charge in [-0.3, -0.25) is 20.2 Å². The van der Waals surface area contributed by atoms with Crippen molar-refractivity contribution in [3.63, 3.8) is 0 Å². The molecule has 4 aromatic rings. The van der Waals surface area contributed by atoms with Crippen LogP contribution in [0.5, 0.6) is 0 Å². The lowest BCUT2D eigenvalue weighted by Crippen LogP contribution is -2.23. The Hall–Kier alpha value is -4.32. The molecule has 0 aliphatic heterocycles. The third kappa shape index (κ3) is 3.94. The molecule has 0 saturated heterocycles. The standard InChI is InChI=1S/C30H26N2O4/c1-29(2)19-30(3,24-13-10-20(11-14-24)21-6-4-8-25(16-21)31(33)34)28-18-23(12-15-27(28)29)22-7-5-9-26(17-22)32(35)36/h4-18H,19H2,1-3H3. The molecular formula is C30H26N2O4. The number of fused-ring (bicyclic) bond motifs is 1. The van der Waals surface area contributed by atoms with Crippen molar-refractivity contribution in [2.45, 2.75) is 38.0 Å². The Morgan fingerprint density at radius 2 is 1.11 bits per heavy atom. The normalized spacial score (nSPS) is 18.0. The SMILES string of the molecule is CC1(C)CC(C)(c2ccc(-c3cccc([N+](=O)[O-])c3)cc2)c2cc(-c3cccc([N+](=O)[O-])c3)ccc21. The van der Waals surface area contributed by atoms with Crippen LogP contribution in [0.1, 0.15) is 43.9 Å². The summed E-state index contributed by atoms with van der Waals surface area (Å²) >= 11 is 0. The summed E-state index contributed by atoms with van der Waals surface area (Å²) in [5.41, 5.74) is 7.03. The van der Waals surface area contributed by atoms with Crippen molar-refractivity contribution in [2.75, 3.05) is 0 Å². The molecule has 1 unspecified atom stereocenters. The first kappa shape index (κ1) is 23.4. The van der Waals surface area contributed by atoms with E-state index in [2.05, 4.69) is 51.1 Å². The molecule has 1 aliphatic carbocycles. The zero-order valence-electron chi connectivity index (χ0n) is 20.4. The summed E-state index contributed by atoms with van der Waals surface area (Å²) in [4.78, 5) is 21.7. The van der Waals surface area contributed by atoms with Gasteiger partial charge in [0, 0.05) is 29.7 Å². The molecular weight excluding hydrogens is 452 g/mol. The van der Waals surface area contributed by atoms with Crippen molar-refractivity contribution in [3.8, 4) is 22.3 Å². The molecule has 0 bridgehead atoms. The average molecular weight is 479 g/mol. The number of rotatable bonds is 5. The number of non-ortho nitro benzene ring substituents is 2. The monoisotopic (exact) mass is 478 g/mol. The van der Waals surface area contributed by atoms with Crippen molar-refractivity contribution in [1.29, 1.82) is 0 Å². The van der Waals surface area contributed by atoms with Crippen molar-refractivity contribution in [3.05, 3.63) is 128 Å². The van der Waals surface area contributed by atoms with Gasteiger partial charge in [0.05, 0.1) is 9.85 Å². The molecule has 4 aromatic carbocycles. The summed E-state index contributed by atoms with van der Waals surface area (Å²) in [6, 6.07) is 28.1. The lowest BCUT2D eigenvalue weighted by atomic mass is 9.74. The molecule has 6 heteroatoms. The van der Waals surface area contributed by atoms with Crippen molar-refractivity contribution in [1.82, 2.24) is 0 Å². The van der Waals surface area contributed by atoms with Crippen LogP contribution >= 0.6 is 0 Å². The van der Waals surface area contributed by atoms with E-state index in [0.717, 1.165) is 28.7 Å². The molecule has 0 saturated carbocycles. The van der Waals surface area contributed by atoms with Crippen LogP contribution in [0.2, 0.25) is 0 Å². The molecule has 0 N–H and O–H groups in total. The van der Waals surface area contributed by atoms with E-state index < -0.39 is 0 Å². The Morgan fingerprint density at radius 3 is 1.67 bits per heavy atom. The summed E-state index contributed by atoms with van der Waals surface area (Å²) in [5.74, 6) is 0. The molecule has 6 nitrogen and oxygen atoms in total. The third-order valence-corrected chi connectivity index (χ3v) is 7.44. The fourth-order valence-electron chi connectivity index (χ4n) is 5.73. The van der Waals surface area contributed by atoms with Crippen LogP contribution in [0.3, 0.4) is 0 Å². The fraction of sp³-hybridized carbons (Fsp3) is 0.200. The summed E-state index contributed by atoms with van der Waals surface area (Å²) in [5, 5.41) is 22.5. The third-order valence-electron chi connectivity index (χ3n) is 7.44. The largest absolute Gasteiger partial charge is 0.270 e. The van der Waals surface area contributed by atoms with Crippen LogP contribution in [0, 0.1) is 20.2 Å². The lowest BCUT2D eigenvalue weighted by Gasteiger charge is -2.29. The minimum atomic E-state index is -0.380.